The molecule has 0 aliphatic carbocycles. The normalized spacial score (nSPS) is 10.7. The zero-order valence-electron chi connectivity index (χ0n) is 17.8. The van der Waals surface area contributed by atoms with Crippen molar-refractivity contribution in [2.75, 3.05) is 13.7 Å². The Hall–Kier alpha value is -4.56. The number of furan rings is 1. The molecule has 2 heterocycles. The SMILES string of the molecule is COCc1cc(C)nc(OCC(=O)NN=Cc2ccc(-c3cccc([N+](=O)[O-])c3)o2)c1C#N. The Balaban J connectivity index is 1.59. The van der Waals surface area contributed by atoms with Crippen LogP contribution < -0.4 is 10.2 Å². The van der Waals surface area contributed by atoms with Crippen LogP contribution in [0, 0.1) is 28.4 Å². The van der Waals surface area contributed by atoms with Gasteiger partial charge in [0.2, 0.25) is 5.88 Å². The number of hydrogen-bond donors (Lipinski definition) is 1. The maximum atomic E-state index is 12.1. The number of hydrogen-bond acceptors (Lipinski definition) is 9. The van der Waals surface area contributed by atoms with Gasteiger partial charge < -0.3 is 13.9 Å². The number of methoxy groups -OCH3 is 1. The van der Waals surface area contributed by atoms with E-state index < -0.39 is 17.4 Å². The van der Waals surface area contributed by atoms with Crippen molar-refractivity contribution in [3.05, 3.63) is 75.2 Å². The molecule has 3 aromatic rings. The second kappa shape index (κ2) is 10.7. The fraction of sp³-hybridized carbons (Fsp3) is 0.182. The summed E-state index contributed by atoms with van der Waals surface area (Å²) >= 11 is 0. The van der Waals surface area contributed by atoms with Crippen LogP contribution in [-0.2, 0) is 16.1 Å². The van der Waals surface area contributed by atoms with Gasteiger partial charge in [0.1, 0.15) is 23.2 Å². The molecule has 0 radical (unpaired) electrons. The van der Waals surface area contributed by atoms with Gasteiger partial charge in [-0.25, -0.2) is 10.4 Å². The Morgan fingerprint density at radius 3 is 2.91 bits per heavy atom. The molecule has 3 rings (SSSR count). The molecule has 168 valence electrons. The summed E-state index contributed by atoms with van der Waals surface area (Å²) in [5, 5.41) is 24.1. The van der Waals surface area contributed by atoms with Crippen molar-refractivity contribution in [3.63, 3.8) is 0 Å². The van der Waals surface area contributed by atoms with Crippen molar-refractivity contribution in [1.82, 2.24) is 10.4 Å². The molecule has 1 N–H and O–H groups in total. The molecule has 0 atom stereocenters. The molecule has 0 spiro atoms. The third-order valence-electron chi connectivity index (χ3n) is 4.30. The number of rotatable bonds is 9. The molecular weight excluding hydrogens is 430 g/mol. The van der Waals surface area contributed by atoms with Crippen LogP contribution in [0.2, 0.25) is 0 Å². The second-order valence-corrected chi connectivity index (χ2v) is 6.74. The van der Waals surface area contributed by atoms with Crippen molar-refractivity contribution in [3.8, 4) is 23.3 Å². The van der Waals surface area contributed by atoms with E-state index in [1.807, 2.05) is 6.07 Å². The summed E-state index contributed by atoms with van der Waals surface area (Å²) in [4.78, 5) is 26.6. The van der Waals surface area contributed by atoms with Crippen LogP contribution in [0.3, 0.4) is 0 Å². The number of aromatic nitrogens is 1. The summed E-state index contributed by atoms with van der Waals surface area (Å²) in [6.07, 6.45) is 1.28. The van der Waals surface area contributed by atoms with E-state index in [2.05, 4.69) is 15.5 Å². The van der Waals surface area contributed by atoms with Gasteiger partial charge in [0.25, 0.3) is 11.6 Å². The molecule has 11 nitrogen and oxygen atoms in total. The Morgan fingerprint density at radius 2 is 2.18 bits per heavy atom. The van der Waals surface area contributed by atoms with E-state index in [1.165, 1.54) is 25.5 Å². The number of amides is 1. The largest absolute Gasteiger partial charge is 0.467 e. The van der Waals surface area contributed by atoms with Gasteiger partial charge in [-0.2, -0.15) is 10.4 Å². The van der Waals surface area contributed by atoms with Crippen molar-refractivity contribution in [2.24, 2.45) is 5.10 Å². The lowest BCUT2D eigenvalue weighted by Crippen LogP contribution is -2.25. The first-order chi connectivity index (χ1) is 15.9. The molecule has 1 aromatic carbocycles. The molecule has 0 saturated carbocycles. The maximum Gasteiger partial charge on any atom is 0.278 e. The minimum atomic E-state index is -0.572. The number of nitriles is 1. The molecule has 0 fully saturated rings. The first-order valence-electron chi connectivity index (χ1n) is 9.60. The van der Waals surface area contributed by atoms with Gasteiger partial charge in [0.15, 0.2) is 6.61 Å². The van der Waals surface area contributed by atoms with Gasteiger partial charge in [-0.15, -0.1) is 0 Å². The summed E-state index contributed by atoms with van der Waals surface area (Å²) in [6, 6.07) is 13.0. The zero-order chi connectivity index (χ0) is 23.8. The first kappa shape index (κ1) is 23.1. The monoisotopic (exact) mass is 449 g/mol. The van der Waals surface area contributed by atoms with E-state index in [-0.39, 0.29) is 23.7 Å². The summed E-state index contributed by atoms with van der Waals surface area (Å²) in [5.74, 6) is 0.207. The lowest BCUT2D eigenvalue weighted by atomic mass is 10.1. The molecule has 0 aliphatic heterocycles. The van der Waals surface area contributed by atoms with E-state index in [0.717, 1.165) is 0 Å². The molecule has 0 saturated heterocycles. The van der Waals surface area contributed by atoms with E-state index in [9.17, 15) is 20.2 Å². The zero-order valence-corrected chi connectivity index (χ0v) is 17.8. The highest BCUT2D eigenvalue weighted by atomic mass is 16.6. The number of aryl methyl sites for hydroxylation is 1. The van der Waals surface area contributed by atoms with Crippen LogP contribution in [0.1, 0.15) is 22.6 Å². The number of nitrogens with one attached hydrogen (secondary N) is 1. The maximum absolute atomic E-state index is 12.1. The minimum Gasteiger partial charge on any atom is -0.467 e. The summed E-state index contributed by atoms with van der Waals surface area (Å²) < 4.78 is 16.1. The van der Waals surface area contributed by atoms with Crippen LogP contribution in [0.25, 0.3) is 11.3 Å². The van der Waals surface area contributed by atoms with E-state index in [4.69, 9.17) is 13.9 Å². The second-order valence-electron chi connectivity index (χ2n) is 6.74. The lowest BCUT2D eigenvalue weighted by molar-refractivity contribution is -0.384. The van der Waals surface area contributed by atoms with Crippen molar-refractivity contribution in [1.29, 1.82) is 5.26 Å². The van der Waals surface area contributed by atoms with E-state index >= 15 is 0 Å². The molecular formula is C22H19N5O6. The number of nitrogens with zero attached hydrogens (tertiary/aromatic N) is 4. The van der Waals surface area contributed by atoms with E-state index in [0.29, 0.717) is 28.3 Å². The molecule has 2 aromatic heterocycles. The predicted molar refractivity (Wildman–Crippen MR) is 116 cm³/mol. The van der Waals surface area contributed by atoms with Crippen molar-refractivity contribution >= 4 is 17.8 Å². The standard InChI is InChI=1S/C22H19N5O6/c1-14-8-16(12-31-2)19(10-23)22(25-14)32-13-21(28)26-24-11-18-6-7-20(33-18)15-4-3-5-17(9-15)27(29)30/h3-9,11H,12-13H2,1-2H3,(H,26,28). The van der Waals surface area contributed by atoms with Crippen molar-refractivity contribution in [2.45, 2.75) is 13.5 Å². The summed E-state index contributed by atoms with van der Waals surface area (Å²) in [5.41, 5.74) is 4.19. The molecule has 11 heteroatoms. The number of ether oxygens (including phenoxy) is 2. The molecule has 0 bridgehead atoms. The van der Waals surface area contributed by atoms with Gasteiger partial charge in [-0.05, 0) is 25.1 Å². The average molecular weight is 449 g/mol. The van der Waals surface area contributed by atoms with Gasteiger partial charge >= 0.3 is 0 Å². The highest BCUT2D eigenvalue weighted by Gasteiger charge is 2.14. The summed E-state index contributed by atoms with van der Waals surface area (Å²) in [7, 11) is 1.51. The molecule has 33 heavy (non-hydrogen) atoms. The third kappa shape index (κ3) is 5.99. The predicted octanol–water partition coefficient (Wildman–Crippen LogP) is 3.11. The van der Waals surface area contributed by atoms with Crippen LogP contribution in [0.15, 0.2) is 52.0 Å². The lowest BCUT2D eigenvalue weighted by Gasteiger charge is -2.10. The minimum absolute atomic E-state index is 0.0383. The Bertz CT molecular complexity index is 1240. The topological polar surface area (TPSA) is 153 Å². The summed E-state index contributed by atoms with van der Waals surface area (Å²) in [6.45, 7) is 1.54. The Morgan fingerprint density at radius 1 is 1.36 bits per heavy atom. The average Bonchev–Trinajstić information content (AvgIpc) is 3.27. The number of carbonyl (C=O) groups is 1. The highest BCUT2D eigenvalue weighted by Crippen LogP contribution is 2.25. The van der Waals surface area contributed by atoms with Crippen molar-refractivity contribution < 1.29 is 23.6 Å². The van der Waals surface area contributed by atoms with E-state index in [1.54, 1.807) is 37.3 Å². The molecule has 0 unspecified atom stereocenters. The number of nitro groups is 1. The number of hydrazone groups is 1. The number of benzene rings is 1. The van der Waals surface area contributed by atoms with Gasteiger partial charge in [-0.1, -0.05) is 12.1 Å². The quantitative estimate of drug-likeness (QED) is 0.297. The number of pyridine rings is 1. The number of carbonyl (C=O) groups excluding carboxylic acids is 1. The Labute approximate surface area is 188 Å². The fourth-order valence-electron chi connectivity index (χ4n) is 2.89. The smallest absolute Gasteiger partial charge is 0.278 e. The van der Waals surface area contributed by atoms with Crippen LogP contribution in [-0.4, -0.2) is 35.7 Å². The Kier molecular flexibility index (Phi) is 7.46. The fourth-order valence-corrected chi connectivity index (χ4v) is 2.89. The van der Waals surface area contributed by atoms with Crippen LogP contribution in [0.5, 0.6) is 5.88 Å². The molecule has 1 amide bonds. The number of nitro benzene ring substituents is 1. The molecule has 0 aliphatic rings. The van der Waals surface area contributed by atoms with Gasteiger partial charge in [0, 0.05) is 36.1 Å². The number of non-ortho nitro benzene ring substituents is 1. The highest BCUT2D eigenvalue weighted by molar-refractivity contribution is 5.81. The van der Waals surface area contributed by atoms with Crippen LogP contribution >= 0.6 is 0 Å². The van der Waals surface area contributed by atoms with Crippen LogP contribution in [0.4, 0.5) is 5.69 Å². The van der Waals surface area contributed by atoms with Gasteiger partial charge in [0.05, 0.1) is 17.7 Å². The van der Waals surface area contributed by atoms with Gasteiger partial charge in [-0.3, -0.25) is 14.9 Å². The first-order valence-corrected chi connectivity index (χ1v) is 9.60. The third-order valence-corrected chi connectivity index (χ3v) is 4.30.